The predicted octanol–water partition coefficient (Wildman–Crippen LogP) is 1.88. The first-order chi connectivity index (χ1) is 11.7. The number of amides is 1. The van der Waals surface area contributed by atoms with Gasteiger partial charge in [0.2, 0.25) is 5.91 Å². The maximum absolute atomic E-state index is 13.6. The molecule has 2 atom stereocenters. The standard InChI is InChI=1S/C18H25FN2O3/c19-15-4-1-3-14(13-15)17(21-8-11-23-12-9-21)18(22)20-7-6-16-5-2-10-24-16/h1,3-4,13,16-17H,2,5-12H2,(H,20,22)/t16-,17+/m1/s1. The topological polar surface area (TPSA) is 50.8 Å². The SMILES string of the molecule is O=C(NCC[C@H]1CCCO1)[C@H](c1cccc(F)c1)N1CCOCC1. The summed E-state index contributed by atoms with van der Waals surface area (Å²) in [7, 11) is 0. The van der Waals surface area contributed by atoms with Crippen molar-refractivity contribution in [2.75, 3.05) is 39.5 Å². The van der Waals surface area contributed by atoms with Crippen LogP contribution in [0.3, 0.4) is 0 Å². The number of halogens is 1. The Labute approximate surface area is 142 Å². The molecule has 0 radical (unpaired) electrons. The minimum atomic E-state index is -0.478. The average molecular weight is 336 g/mol. The highest BCUT2D eigenvalue weighted by molar-refractivity contribution is 5.83. The number of nitrogens with one attached hydrogen (secondary N) is 1. The number of carbonyl (C=O) groups excluding carboxylic acids is 1. The molecule has 1 amide bonds. The van der Waals surface area contributed by atoms with Crippen LogP contribution in [0.5, 0.6) is 0 Å². The Balaban J connectivity index is 1.64. The zero-order chi connectivity index (χ0) is 16.8. The molecule has 132 valence electrons. The van der Waals surface area contributed by atoms with Crippen molar-refractivity contribution in [3.05, 3.63) is 35.6 Å². The fourth-order valence-electron chi connectivity index (χ4n) is 3.37. The fourth-order valence-corrected chi connectivity index (χ4v) is 3.37. The largest absolute Gasteiger partial charge is 0.379 e. The van der Waals surface area contributed by atoms with E-state index in [0.29, 0.717) is 38.4 Å². The van der Waals surface area contributed by atoms with Crippen LogP contribution in [0.2, 0.25) is 0 Å². The smallest absolute Gasteiger partial charge is 0.241 e. The fraction of sp³-hybridized carbons (Fsp3) is 0.611. The molecule has 0 unspecified atom stereocenters. The van der Waals surface area contributed by atoms with E-state index in [-0.39, 0.29) is 17.8 Å². The first-order valence-electron chi connectivity index (χ1n) is 8.70. The van der Waals surface area contributed by atoms with Gasteiger partial charge in [0, 0.05) is 26.2 Å². The van der Waals surface area contributed by atoms with E-state index in [1.165, 1.54) is 12.1 Å². The molecular weight excluding hydrogens is 311 g/mol. The number of ether oxygens (including phenoxy) is 2. The van der Waals surface area contributed by atoms with Gasteiger partial charge in [-0.2, -0.15) is 0 Å². The monoisotopic (exact) mass is 336 g/mol. The van der Waals surface area contributed by atoms with E-state index in [2.05, 4.69) is 10.2 Å². The summed E-state index contributed by atoms with van der Waals surface area (Å²) in [5, 5.41) is 3.00. The molecule has 0 aromatic heterocycles. The minimum absolute atomic E-state index is 0.0829. The predicted molar refractivity (Wildman–Crippen MR) is 88.1 cm³/mol. The molecule has 24 heavy (non-hydrogen) atoms. The molecule has 0 bridgehead atoms. The van der Waals surface area contributed by atoms with E-state index in [9.17, 15) is 9.18 Å². The van der Waals surface area contributed by atoms with Gasteiger partial charge in [0.15, 0.2) is 0 Å². The van der Waals surface area contributed by atoms with Gasteiger partial charge in [-0.05, 0) is 37.0 Å². The molecule has 3 rings (SSSR count). The van der Waals surface area contributed by atoms with Crippen molar-refractivity contribution in [3.63, 3.8) is 0 Å². The summed E-state index contributed by atoms with van der Waals surface area (Å²) in [4.78, 5) is 14.8. The van der Waals surface area contributed by atoms with Crippen LogP contribution in [0, 0.1) is 5.82 Å². The molecule has 0 spiro atoms. The normalized spacial score (nSPS) is 23.1. The second-order valence-corrected chi connectivity index (χ2v) is 6.32. The summed E-state index contributed by atoms with van der Waals surface area (Å²) in [6.45, 7) is 3.92. The number of morpholine rings is 1. The number of hydrogen-bond acceptors (Lipinski definition) is 4. The summed E-state index contributed by atoms with van der Waals surface area (Å²) in [6.07, 6.45) is 3.23. The van der Waals surface area contributed by atoms with Gasteiger partial charge in [0.25, 0.3) is 0 Å². The van der Waals surface area contributed by atoms with Crippen molar-refractivity contribution in [2.45, 2.75) is 31.4 Å². The third-order valence-electron chi connectivity index (χ3n) is 4.61. The van der Waals surface area contributed by atoms with E-state index in [0.717, 1.165) is 25.9 Å². The van der Waals surface area contributed by atoms with E-state index in [1.54, 1.807) is 6.07 Å². The van der Waals surface area contributed by atoms with Gasteiger partial charge < -0.3 is 14.8 Å². The summed E-state index contributed by atoms with van der Waals surface area (Å²) < 4.78 is 24.6. The van der Waals surface area contributed by atoms with Crippen molar-refractivity contribution in [2.24, 2.45) is 0 Å². The van der Waals surface area contributed by atoms with E-state index in [1.807, 2.05) is 6.07 Å². The molecule has 0 saturated carbocycles. The van der Waals surface area contributed by atoms with Crippen molar-refractivity contribution in [1.29, 1.82) is 0 Å². The number of hydrogen-bond donors (Lipinski definition) is 1. The number of nitrogens with zero attached hydrogens (tertiary/aromatic N) is 1. The second-order valence-electron chi connectivity index (χ2n) is 6.32. The molecule has 2 aliphatic rings. The molecule has 0 aliphatic carbocycles. The first-order valence-corrected chi connectivity index (χ1v) is 8.70. The van der Waals surface area contributed by atoms with Crippen LogP contribution < -0.4 is 5.32 Å². The van der Waals surface area contributed by atoms with Crippen molar-refractivity contribution in [3.8, 4) is 0 Å². The van der Waals surface area contributed by atoms with Crippen molar-refractivity contribution in [1.82, 2.24) is 10.2 Å². The maximum Gasteiger partial charge on any atom is 0.241 e. The molecule has 1 aromatic rings. The minimum Gasteiger partial charge on any atom is -0.379 e. The summed E-state index contributed by atoms with van der Waals surface area (Å²) in [6, 6.07) is 5.82. The summed E-state index contributed by atoms with van der Waals surface area (Å²) in [5.41, 5.74) is 0.687. The van der Waals surface area contributed by atoms with E-state index >= 15 is 0 Å². The number of rotatable bonds is 6. The lowest BCUT2D eigenvalue weighted by molar-refractivity contribution is -0.128. The molecule has 5 nitrogen and oxygen atoms in total. The quantitative estimate of drug-likeness (QED) is 0.862. The molecule has 2 fully saturated rings. The van der Waals surface area contributed by atoms with Gasteiger partial charge in [0.05, 0.1) is 19.3 Å². The third kappa shape index (κ3) is 4.53. The molecule has 2 aliphatic heterocycles. The Morgan fingerprint density at radius 2 is 2.17 bits per heavy atom. The number of benzene rings is 1. The van der Waals surface area contributed by atoms with Gasteiger partial charge in [0.1, 0.15) is 11.9 Å². The lowest BCUT2D eigenvalue weighted by Gasteiger charge is -2.33. The molecule has 2 saturated heterocycles. The van der Waals surface area contributed by atoms with Gasteiger partial charge in [-0.25, -0.2) is 4.39 Å². The highest BCUT2D eigenvalue weighted by Gasteiger charge is 2.29. The summed E-state index contributed by atoms with van der Waals surface area (Å²) in [5.74, 6) is -0.404. The van der Waals surface area contributed by atoms with Gasteiger partial charge in [-0.15, -0.1) is 0 Å². The second kappa shape index (κ2) is 8.55. The highest BCUT2D eigenvalue weighted by Crippen LogP contribution is 2.23. The summed E-state index contributed by atoms with van der Waals surface area (Å²) >= 11 is 0. The van der Waals surface area contributed by atoms with Gasteiger partial charge in [-0.1, -0.05) is 12.1 Å². The molecule has 1 N–H and O–H groups in total. The number of carbonyl (C=O) groups is 1. The lowest BCUT2D eigenvalue weighted by Crippen LogP contribution is -2.46. The van der Waals surface area contributed by atoms with Crippen LogP contribution >= 0.6 is 0 Å². The Bertz CT molecular complexity index is 543. The average Bonchev–Trinajstić information content (AvgIpc) is 3.10. The highest BCUT2D eigenvalue weighted by atomic mass is 19.1. The molecule has 2 heterocycles. The van der Waals surface area contributed by atoms with Crippen molar-refractivity contribution >= 4 is 5.91 Å². The van der Waals surface area contributed by atoms with Crippen LogP contribution in [-0.2, 0) is 14.3 Å². The zero-order valence-corrected chi connectivity index (χ0v) is 13.9. The molecule has 1 aromatic carbocycles. The Morgan fingerprint density at radius 3 is 2.88 bits per heavy atom. The van der Waals surface area contributed by atoms with Crippen LogP contribution in [0.15, 0.2) is 24.3 Å². The maximum atomic E-state index is 13.6. The zero-order valence-electron chi connectivity index (χ0n) is 13.9. The van der Waals surface area contributed by atoms with Gasteiger partial charge >= 0.3 is 0 Å². The van der Waals surface area contributed by atoms with Crippen LogP contribution in [0.1, 0.15) is 30.9 Å². The molecule has 6 heteroatoms. The van der Waals surface area contributed by atoms with E-state index < -0.39 is 6.04 Å². The van der Waals surface area contributed by atoms with Crippen LogP contribution in [0.25, 0.3) is 0 Å². The van der Waals surface area contributed by atoms with Crippen LogP contribution in [-0.4, -0.2) is 56.4 Å². The lowest BCUT2D eigenvalue weighted by atomic mass is 10.0. The Hall–Kier alpha value is -1.50. The van der Waals surface area contributed by atoms with E-state index in [4.69, 9.17) is 9.47 Å². The van der Waals surface area contributed by atoms with Crippen molar-refractivity contribution < 1.29 is 18.7 Å². The Morgan fingerprint density at radius 1 is 1.33 bits per heavy atom. The Kier molecular flexibility index (Phi) is 6.18. The molecular formula is C18H25FN2O3. The van der Waals surface area contributed by atoms with Gasteiger partial charge in [-0.3, -0.25) is 9.69 Å². The van der Waals surface area contributed by atoms with Crippen LogP contribution in [0.4, 0.5) is 4.39 Å². The third-order valence-corrected chi connectivity index (χ3v) is 4.61. The first kappa shape index (κ1) is 17.3.